The Kier molecular flexibility index (Phi) is 4.56. The van der Waals surface area contributed by atoms with Crippen LogP contribution < -0.4 is 10.9 Å². The van der Waals surface area contributed by atoms with Gasteiger partial charge in [-0.25, -0.2) is 13.8 Å². The number of amides is 1. The molecular weight excluding hydrogens is 328 g/mol. The van der Waals surface area contributed by atoms with Gasteiger partial charge in [0.2, 0.25) is 5.91 Å². The topological polar surface area (TPSA) is 64.0 Å². The first-order valence-electron chi connectivity index (χ1n) is 7.61. The third-order valence-corrected chi connectivity index (χ3v) is 3.80. The van der Waals surface area contributed by atoms with Crippen molar-refractivity contribution in [3.63, 3.8) is 0 Å². The van der Waals surface area contributed by atoms with Gasteiger partial charge in [0.15, 0.2) is 11.6 Å². The van der Waals surface area contributed by atoms with Crippen LogP contribution >= 0.6 is 0 Å². The Hall–Kier alpha value is -3.09. The Labute approximate surface area is 141 Å². The Morgan fingerprint density at radius 2 is 1.84 bits per heavy atom. The van der Waals surface area contributed by atoms with E-state index in [1.807, 2.05) is 31.2 Å². The number of aryl methyl sites for hydroxylation is 1. The molecule has 0 bridgehead atoms. The summed E-state index contributed by atoms with van der Waals surface area (Å²) in [4.78, 5) is 27.9. The first-order chi connectivity index (χ1) is 11.9. The van der Waals surface area contributed by atoms with Crippen molar-refractivity contribution in [2.75, 3.05) is 0 Å². The van der Waals surface area contributed by atoms with Gasteiger partial charge in [-0.3, -0.25) is 14.2 Å². The van der Waals surface area contributed by atoms with E-state index >= 15 is 0 Å². The Morgan fingerprint density at radius 3 is 2.56 bits per heavy atom. The Bertz CT molecular complexity index is 998. The van der Waals surface area contributed by atoms with E-state index in [9.17, 15) is 18.4 Å². The maximum absolute atomic E-state index is 13.5. The lowest BCUT2D eigenvalue weighted by atomic mass is 10.1. The first kappa shape index (κ1) is 16.8. The number of carbonyl (C=O) groups excluding carboxylic acids is 1. The Balaban J connectivity index is 1.81. The van der Waals surface area contributed by atoms with Crippen molar-refractivity contribution in [1.29, 1.82) is 0 Å². The summed E-state index contributed by atoms with van der Waals surface area (Å²) in [7, 11) is 0. The van der Waals surface area contributed by atoms with E-state index in [0.717, 1.165) is 34.0 Å². The average Bonchev–Trinajstić information content (AvgIpc) is 2.59. The molecule has 0 radical (unpaired) electrons. The molecule has 0 saturated carbocycles. The van der Waals surface area contributed by atoms with Gasteiger partial charge in [-0.15, -0.1) is 0 Å². The first-order valence-corrected chi connectivity index (χ1v) is 7.61. The zero-order chi connectivity index (χ0) is 18.0. The van der Waals surface area contributed by atoms with Crippen LogP contribution in [-0.2, 0) is 17.9 Å². The molecule has 3 rings (SSSR count). The van der Waals surface area contributed by atoms with Crippen molar-refractivity contribution in [3.05, 3.63) is 75.7 Å². The SMILES string of the molecule is Cc1ccc(CNC(=O)Cn2c(=O)cnc3cc(F)c(F)cc32)cc1. The van der Waals surface area contributed by atoms with Gasteiger partial charge < -0.3 is 5.32 Å². The zero-order valence-corrected chi connectivity index (χ0v) is 13.4. The number of hydrogen-bond donors (Lipinski definition) is 1. The van der Waals surface area contributed by atoms with E-state index in [1.54, 1.807) is 0 Å². The van der Waals surface area contributed by atoms with E-state index < -0.39 is 23.1 Å². The van der Waals surface area contributed by atoms with E-state index in [-0.39, 0.29) is 17.6 Å². The highest BCUT2D eigenvalue weighted by Crippen LogP contribution is 2.15. The molecule has 0 unspecified atom stereocenters. The number of benzene rings is 2. The molecule has 5 nitrogen and oxygen atoms in total. The lowest BCUT2D eigenvalue weighted by Gasteiger charge is -2.10. The maximum Gasteiger partial charge on any atom is 0.269 e. The normalized spacial score (nSPS) is 10.8. The fourth-order valence-corrected chi connectivity index (χ4v) is 2.43. The van der Waals surface area contributed by atoms with Crippen molar-refractivity contribution >= 4 is 16.9 Å². The largest absolute Gasteiger partial charge is 0.350 e. The van der Waals surface area contributed by atoms with E-state index in [1.165, 1.54) is 0 Å². The van der Waals surface area contributed by atoms with Gasteiger partial charge >= 0.3 is 0 Å². The van der Waals surface area contributed by atoms with Crippen LogP contribution in [0.2, 0.25) is 0 Å². The fraction of sp³-hybridized carbons (Fsp3) is 0.167. The lowest BCUT2D eigenvalue weighted by molar-refractivity contribution is -0.121. The van der Waals surface area contributed by atoms with Crippen molar-refractivity contribution in [2.24, 2.45) is 0 Å². The van der Waals surface area contributed by atoms with Gasteiger partial charge in [0.05, 0.1) is 17.2 Å². The fourth-order valence-electron chi connectivity index (χ4n) is 2.43. The molecule has 3 aromatic rings. The molecule has 25 heavy (non-hydrogen) atoms. The quantitative estimate of drug-likeness (QED) is 0.791. The van der Waals surface area contributed by atoms with Crippen molar-refractivity contribution in [1.82, 2.24) is 14.9 Å². The van der Waals surface area contributed by atoms with Crippen LogP contribution in [0.5, 0.6) is 0 Å². The Morgan fingerprint density at radius 1 is 1.16 bits per heavy atom. The molecule has 1 aromatic heterocycles. The van der Waals surface area contributed by atoms with Gasteiger partial charge in [0.25, 0.3) is 5.56 Å². The summed E-state index contributed by atoms with van der Waals surface area (Å²) in [5.41, 5.74) is 1.63. The molecule has 0 fully saturated rings. The highest BCUT2D eigenvalue weighted by Gasteiger charge is 2.12. The minimum Gasteiger partial charge on any atom is -0.350 e. The number of aromatic nitrogens is 2. The van der Waals surface area contributed by atoms with Crippen LogP contribution in [0.25, 0.3) is 11.0 Å². The molecule has 0 spiro atoms. The van der Waals surface area contributed by atoms with Gasteiger partial charge in [-0.2, -0.15) is 0 Å². The lowest BCUT2D eigenvalue weighted by Crippen LogP contribution is -2.32. The molecule has 0 aliphatic rings. The minimum absolute atomic E-state index is 0.0666. The van der Waals surface area contributed by atoms with Gasteiger partial charge in [0, 0.05) is 18.7 Å². The summed E-state index contributed by atoms with van der Waals surface area (Å²) < 4.78 is 27.8. The number of fused-ring (bicyclic) bond motifs is 1. The number of nitrogens with one attached hydrogen (secondary N) is 1. The monoisotopic (exact) mass is 343 g/mol. The summed E-state index contributed by atoms with van der Waals surface area (Å²) in [5.74, 6) is -2.58. The van der Waals surface area contributed by atoms with Crippen LogP contribution in [-0.4, -0.2) is 15.5 Å². The zero-order valence-electron chi connectivity index (χ0n) is 13.4. The van der Waals surface area contributed by atoms with Crippen molar-refractivity contribution < 1.29 is 13.6 Å². The smallest absolute Gasteiger partial charge is 0.269 e. The summed E-state index contributed by atoms with van der Waals surface area (Å²) >= 11 is 0. The number of hydrogen-bond acceptors (Lipinski definition) is 3. The summed E-state index contributed by atoms with van der Waals surface area (Å²) in [5, 5.41) is 2.70. The van der Waals surface area contributed by atoms with Gasteiger partial charge in [0.1, 0.15) is 6.54 Å². The molecule has 2 aromatic carbocycles. The molecule has 0 saturated heterocycles. The number of halogens is 2. The van der Waals surface area contributed by atoms with Crippen LogP contribution in [0.15, 0.2) is 47.4 Å². The molecule has 7 heteroatoms. The minimum atomic E-state index is -1.10. The third-order valence-electron chi connectivity index (χ3n) is 3.80. The van der Waals surface area contributed by atoms with E-state index in [2.05, 4.69) is 10.3 Å². The second-order valence-electron chi connectivity index (χ2n) is 5.70. The molecule has 0 atom stereocenters. The maximum atomic E-state index is 13.5. The predicted octanol–water partition coefficient (Wildman–Crippen LogP) is 2.30. The van der Waals surface area contributed by atoms with Crippen molar-refractivity contribution in [2.45, 2.75) is 20.0 Å². The van der Waals surface area contributed by atoms with Crippen molar-refractivity contribution in [3.8, 4) is 0 Å². The van der Waals surface area contributed by atoms with Gasteiger partial charge in [-0.1, -0.05) is 29.8 Å². The third kappa shape index (κ3) is 3.71. The summed E-state index contributed by atoms with van der Waals surface area (Å²) in [6, 6.07) is 9.40. The highest BCUT2D eigenvalue weighted by atomic mass is 19.2. The second-order valence-corrected chi connectivity index (χ2v) is 5.70. The second kappa shape index (κ2) is 6.80. The van der Waals surface area contributed by atoms with E-state index in [0.29, 0.717) is 6.54 Å². The van der Waals surface area contributed by atoms with Crippen LogP contribution in [0.1, 0.15) is 11.1 Å². The molecular formula is C18H15F2N3O2. The molecule has 1 amide bonds. The van der Waals surface area contributed by atoms with Crippen LogP contribution in [0, 0.1) is 18.6 Å². The number of carbonyl (C=O) groups is 1. The van der Waals surface area contributed by atoms with Crippen LogP contribution in [0.3, 0.4) is 0 Å². The number of rotatable bonds is 4. The molecule has 0 aliphatic carbocycles. The summed E-state index contributed by atoms with van der Waals surface area (Å²) in [6.07, 6.45) is 0.979. The molecule has 1 N–H and O–H groups in total. The van der Waals surface area contributed by atoms with Gasteiger partial charge in [-0.05, 0) is 12.5 Å². The molecule has 0 aliphatic heterocycles. The summed E-state index contributed by atoms with van der Waals surface area (Å²) in [6.45, 7) is 1.96. The predicted molar refractivity (Wildman–Crippen MR) is 88.9 cm³/mol. The number of nitrogens with zero attached hydrogens (tertiary/aromatic N) is 2. The van der Waals surface area contributed by atoms with Crippen LogP contribution in [0.4, 0.5) is 8.78 Å². The average molecular weight is 343 g/mol. The highest BCUT2D eigenvalue weighted by molar-refractivity contribution is 5.80. The molecule has 1 heterocycles. The molecule has 128 valence electrons. The van der Waals surface area contributed by atoms with E-state index in [4.69, 9.17) is 0 Å². The standard InChI is InChI=1S/C18H15F2N3O2/c1-11-2-4-12(5-3-11)8-22-17(24)10-23-16-7-14(20)13(19)6-15(16)21-9-18(23)25/h2-7,9H,8,10H2,1H3,(H,22,24).